The molecular formula is C17H18NO5-. The Morgan fingerprint density at radius 2 is 1.91 bits per heavy atom. The van der Waals surface area contributed by atoms with Gasteiger partial charge in [-0.2, -0.15) is 0 Å². The molecule has 0 aliphatic carbocycles. The number of carbonyl (C=O) groups excluding carboxylic acids is 3. The van der Waals surface area contributed by atoms with Gasteiger partial charge in [0.2, 0.25) is 5.91 Å². The van der Waals surface area contributed by atoms with E-state index in [0.29, 0.717) is 5.70 Å². The highest BCUT2D eigenvalue weighted by Gasteiger charge is 2.41. The van der Waals surface area contributed by atoms with E-state index in [1.54, 1.807) is 13.8 Å². The molecule has 0 bridgehead atoms. The lowest BCUT2D eigenvalue weighted by molar-refractivity contribution is -0.306. The number of amides is 1. The summed E-state index contributed by atoms with van der Waals surface area (Å²) < 4.78 is 4.97. The molecule has 0 fully saturated rings. The Bertz CT molecular complexity index is 650. The number of aliphatic carboxylic acids is 1. The van der Waals surface area contributed by atoms with E-state index in [2.05, 4.69) is 0 Å². The van der Waals surface area contributed by atoms with Crippen LogP contribution in [0.25, 0.3) is 0 Å². The van der Waals surface area contributed by atoms with Crippen molar-refractivity contribution in [1.82, 2.24) is 4.90 Å². The van der Waals surface area contributed by atoms with Gasteiger partial charge in [0.05, 0.1) is 24.6 Å². The van der Waals surface area contributed by atoms with Crippen LogP contribution in [0.3, 0.4) is 0 Å². The first-order valence-corrected chi connectivity index (χ1v) is 7.38. The van der Waals surface area contributed by atoms with Crippen LogP contribution in [0.5, 0.6) is 0 Å². The highest BCUT2D eigenvalue weighted by atomic mass is 16.5. The second-order valence-electron chi connectivity index (χ2n) is 5.26. The molecular weight excluding hydrogens is 298 g/mol. The number of hydrogen-bond donors (Lipinski definition) is 0. The maximum atomic E-state index is 12.6. The van der Waals surface area contributed by atoms with Crippen LogP contribution in [0, 0.1) is 5.92 Å². The summed E-state index contributed by atoms with van der Waals surface area (Å²) in [6.07, 6.45) is -0.532. The smallest absolute Gasteiger partial charge is 0.336 e. The zero-order valence-corrected chi connectivity index (χ0v) is 13.1. The van der Waals surface area contributed by atoms with Crippen LogP contribution in [-0.2, 0) is 25.7 Å². The molecule has 122 valence electrons. The van der Waals surface area contributed by atoms with Crippen LogP contribution in [-0.4, -0.2) is 29.4 Å². The minimum Gasteiger partial charge on any atom is -0.550 e. The quantitative estimate of drug-likeness (QED) is 0.718. The molecule has 0 aromatic heterocycles. The van der Waals surface area contributed by atoms with Gasteiger partial charge >= 0.3 is 5.97 Å². The molecule has 6 heteroatoms. The van der Waals surface area contributed by atoms with Gasteiger partial charge in [0.25, 0.3) is 0 Å². The number of esters is 1. The van der Waals surface area contributed by atoms with E-state index in [4.69, 9.17) is 4.74 Å². The number of carboxylic acid groups (broad SMARTS) is 1. The topological polar surface area (TPSA) is 86.7 Å². The van der Waals surface area contributed by atoms with Gasteiger partial charge in [0, 0.05) is 18.1 Å². The summed E-state index contributed by atoms with van der Waals surface area (Å²) in [5, 5.41) is 10.9. The molecule has 1 heterocycles. The lowest BCUT2D eigenvalue weighted by Gasteiger charge is -2.19. The summed E-state index contributed by atoms with van der Waals surface area (Å²) in [7, 11) is 0. The third kappa shape index (κ3) is 3.59. The van der Waals surface area contributed by atoms with Crippen molar-refractivity contribution in [1.29, 1.82) is 0 Å². The predicted molar refractivity (Wildman–Crippen MR) is 79.4 cm³/mol. The lowest BCUT2D eigenvalue weighted by atomic mass is 9.97. The largest absolute Gasteiger partial charge is 0.550 e. The Balaban J connectivity index is 2.34. The molecule has 0 spiro atoms. The summed E-state index contributed by atoms with van der Waals surface area (Å²) in [4.78, 5) is 37.0. The average molecular weight is 316 g/mol. The van der Waals surface area contributed by atoms with Gasteiger partial charge in [-0.1, -0.05) is 30.3 Å². The van der Waals surface area contributed by atoms with Crippen molar-refractivity contribution < 1.29 is 24.2 Å². The number of carbonyl (C=O) groups is 3. The van der Waals surface area contributed by atoms with Crippen LogP contribution in [0.2, 0.25) is 0 Å². The Morgan fingerprint density at radius 1 is 1.26 bits per heavy atom. The van der Waals surface area contributed by atoms with Crippen molar-refractivity contribution in [3.63, 3.8) is 0 Å². The Labute approximate surface area is 134 Å². The molecule has 1 aliphatic heterocycles. The van der Waals surface area contributed by atoms with Gasteiger partial charge in [-0.25, -0.2) is 4.79 Å². The second-order valence-corrected chi connectivity index (χ2v) is 5.26. The van der Waals surface area contributed by atoms with E-state index in [0.717, 1.165) is 5.56 Å². The van der Waals surface area contributed by atoms with Gasteiger partial charge in [-0.05, 0) is 19.4 Å². The van der Waals surface area contributed by atoms with Crippen molar-refractivity contribution in [3.8, 4) is 0 Å². The summed E-state index contributed by atoms with van der Waals surface area (Å²) in [6, 6.07) is 9.27. The molecule has 0 unspecified atom stereocenters. The molecule has 1 aromatic carbocycles. The lowest BCUT2D eigenvalue weighted by Crippen LogP contribution is -2.33. The number of allylic oxidation sites excluding steroid dienone is 1. The standard InChI is InChI=1S/C17H19NO5/c1-3-23-17(22)15-11(2)18(10-12-7-5-4-6-8-12)16(21)13(15)9-14(19)20/h4-8,13H,3,9-10H2,1-2H3,(H,19,20)/p-1/t13-/m1/s1. The van der Waals surface area contributed by atoms with E-state index in [-0.39, 0.29) is 18.7 Å². The fourth-order valence-electron chi connectivity index (χ4n) is 2.69. The van der Waals surface area contributed by atoms with E-state index in [1.807, 2.05) is 30.3 Å². The molecule has 2 rings (SSSR count). The molecule has 1 atom stereocenters. The second kappa shape index (κ2) is 7.09. The third-order valence-electron chi connectivity index (χ3n) is 3.76. The minimum atomic E-state index is -1.38. The predicted octanol–water partition coefficient (Wildman–Crippen LogP) is 0.622. The number of ether oxygens (including phenoxy) is 1. The first-order chi connectivity index (χ1) is 11.0. The summed E-state index contributed by atoms with van der Waals surface area (Å²) in [5.41, 5.74) is 1.43. The number of carboxylic acids is 1. The molecule has 0 saturated carbocycles. The van der Waals surface area contributed by atoms with Crippen molar-refractivity contribution in [2.24, 2.45) is 5.92 Å². The highest BCUT2D eigenvalue weighted by Crippen LogP contribution is 2.33. The van der Waals surface area contributed by atoms with Crippen LogP contribution >= 0.6 is 0 Å². The maximum Gasteiger partial charge on any atom is 0.336 e. The summed E-state index contributed by atoms with van der Waals surface area (Å²) >= 11 is 0. The monoisotopic (exact) mass is 316 g/mol. The van der Waals surface area contributed by atoms with E-state index in [1.165, 1.54) is 4.90 Å². The molecule has 0 saturated heterocycles. The molecule has 23 heavy (non-hydrogen) atoms. The van der Waals surface area contributed by atoms with E-state index >= 15 is 0 Å². The normalized spacial score (nSPS) is 17.6. The molecule has 1 aliphatic rings. The molecule has 0 N–H and O–H groups in total. The number of nitrogens with zero attached hydrogens (tertiary/aromatic N) is 1. The Hall–Kier alpha value is -2.63. The fraction of sp³-hybridized carbons (Fsp3) is 0.353. The number of hydrogen-bond acceptors (Lipinski definition) is 5. The summed E-state index contributed by atoms with van der Waals surface area (Å²) in [5.74, 6) is -3.50. The van der Waals surface area contributed by atoms with Crippen LogP contribution in [0.15, 0.2) is 41.6 Å². The molecule has 6 nitrogen and oxygen atoms in total. The Morgan fingerprint density at radius 3 is 2.48 bits per heavy atom. The fourth-order valence-corrected chi connectivity index (χ4v) is 2.69. The van der Waals surface area contributed by atoms with Crippen LogP contribution in [0.4, 0.5) is 0 Å². The Kier molecular flexibility index (Phi) is 5.16. The molecule has 1 amide bonds. The molecule has 0 radical (unpaired) electrons. The van der Waals surface area contributed by atoms with E-state index < -0.39 is 30.2 Å². The zero-order chi connectivity index (χ0) is 17.0. The van der Waals surface area contributed by atoms with Crippen molar-refractivity contribution in [2.45, 2.75) is 26.8 Å². The first-order valence-electron chi connectivity index (χ1n) is 7.38. The number of benzene rings is 1. The van der Waals surface area contributed by atoms with Gasteiger partial charge < -0.3 is 19.5 Å². The minimum absolute atomic E-state index is 0.108. The van der Waals surface area contributed by atoms with Gasteiger partial charge in [0.1, 0.15) is 0 Å². The van der Waals surface area contributed by atoms with Crippen molar-refractivity contribution in [3.05, 3.63) is 47.2 Å². The van der Waals surface area contributed by atoms with Gasteiger partial charge in [-0.3, -0.25) is 4.79 Å². The van der Waals surface area contributed by atoms with Gasteiger partial charge in [0.15, 0.2) is 0 Å². The first kappa shape index (κ1) is 16.7. The molecule has 1 aromatic rings. The van der Waals surface area contributed by atoms with Gasteiger partial charge in [-0.15, -0.1) is 0 Å². The zero-order valence-electron chi connectivity index (χ0n) is 13.1. The number of rotatable bonds is 6. The van der Waals surface area contributed by atoms with Crippen molar-refractivity contribution >= 4 is 17.8 Å². The highest BCUT2D eigenvalue weighted by molar-refractivity contribution is 6.03. The third-order valence-corrected chi connectivity index (χ3v) is 3.76. The van der Waals surface area contributed by atoms with Crippen molar-refractivity contribution in [2.75, 3.05) is 6.61 Å². The SMILES string of the molecule is CCOC(=O)C1=C(C)N(Cc2ccccc2)C(=O)[C@@H]1CC(=O)[O-]. The summed E-state index contributed by atoms with van der Waals surface area (Å²) in [6.45, 7) is 3.71. The maximum absolute atomic E-state index is 12.6. The van der Waals surface area contributed by atoms with Crippen LogP contribution < -0.4 is 5.11 Å². The van der Waals surface area contributed by atoms with E-state index in [9.17, 15) is 19.5 Å². The average Bonchev–Trinajstić information content (AvgIpc) is 2.73. The van der Waals surface area contributed by atoms with Crippen LogP contribution in [0.1, 0.15) is 25.8 Å².